The zero-order valence-electron chi connectivity index (χ0n) is 18.2. The van der Waals surface area contributed by atoms with Crippen molar-refractivity contribution in [2.75, 3.05) is 26.3 Å². The summed E-state index contributed by atoms with van der Waals surface area (Å²) >= 11 is 0. The molecule has 0 bridgehead atoms. The molecule has 2 aromatic heterocycles. The molecule has 7 heteroatoms. The molecule has 1 amide bonds. The number of benzene rings is 1. The summed E-state index contributed by atoms with van der Waals surface area (Å²) in [4.78, 5) is 32.7. The zero-order valence-corrected chi connectivity index (χ0v) is 18.2. The molecule has 1 aromatic carbocycles. The summed E-state index contributed by atoms with van der Waals surface area (Å²) in [6.07, 6.45) is 10.9. The fraction of sp³-hybridized carbons (Fsp3) is 0.320. The first kappa shape index (κ1) is 20.5. The highest BCUT2D eigenvalue weighted by molar-refractivity contribution is 6.07. The van der Waals surface area contributed by atoms with Crippen LogP contribution in [-0.2, 0) is 24.8 Å². The highest BCUT2D eigenvalue weighted by Crippen LogP contribution is 2.33. The van der Waals surface area contributed by atoms with Crippen molar-refractivity contribution >= 4 is 23.0 Å². The van der Waals surface area contributed by atoms with Crippen LogP contribution in [0.1, 0.15) is 27.9 Å². The molecule has 1 fully saturated rings. The SMILES string of the molecule is C=CCCn1cc(-c2cc(C(=O)N3CCOCC3)c3ncn(C)c3c2)c2c(c1=O)CC=C2. The first-order valence-corrected chi connectivity index (χ1v) is 10.9. The molecule has 1 aliphatic heterocycles. The van der Waals surface area contributed by atoms with Gasteiger partial charge in [-0.05, 0) is 36.1 Å². The van der Waals surface area contributed by atoms with Gasteiger partial charge in [-0.1, -0.05) is 18.2 Å². The van der Waals surface area contributed by atoms with Gasteiger partial charge in [0.25, 0.3) is 11.5 Å². The van der Waals surface area contributed by atoms with Crippen LogP contribution >= 0.6 is 0 Å². The minimum atomic E-state index is -0.0361. The minimum Gasteiger partial charge on any atom is -0.378 e. The van der Waals surface area contributed by atoms with E-state index in [1.54, 1.807) is 10.9 Å². The average molecular weight is 431 g/mol. The van der Waals surface area contributed by atoms with Gasteiger partial charge in [-0.25, -0.2) is 4.98 Å². The molecule has 3 aromatic rings. The molecule has 0 N–H and O–H groups in total. The molecule has 164 valence electrons. The van der Waals surface area contributed by atoms with Crippen molar-refractivity contribution in [2.24, 2.45) is 7.05 Å². The summed E-state index contributed by atoms with van der Waals surface area (Å²) in [5.74, 6) is -0.0361. The standard InChI is InChI=1S/C25H26N4O3/c1-3-4-8-29-15-21(18-6-5-7-19(18)24(29)30)17-13-20(23-22(14-17)27(2)16-26-23)25(31)28-9-11-32-12-10-28/h3,5-6,13-16H,1,4,7-12H2,2H3. The van der Waals surface area contributed by atoms with Gasteiger partial charge in [0.15, 0.2) is 0 Å². The van der Waals surface area contributed by atoms with Gasteiger partial charge < -0.3 is 18.8 Å². The summed E-state index contributed by atoms with van der Waals surface area (Å²) in [7, 11) is 1.93. The van der Waals surface area contributed by atoms with Crippen LogP contribution in [0.5, 0.6) is 0 Å². The number of allylic oxidation sites excluding steroid dienone is 2. The maximum absolute atomic E-state index is 13.4. The van der Waals surface area contributed by atoms with Crippen LogP contribution in [0.15, 0.2) is 48.2 Å². The second-order valence-electron chi connectivity index (χ2n) is 8.27. The van der Waals surface area contributed by atoms with Crippen LogP contribution in [0.4, 0.5) is 0 Å². The van der Waals surface area contributed by atoms with E-state index in [0.29, 0.717) is 56.8 Å². The lowest BCUT2D eigenvalue weighted by atomic mass is 9.96. The second-order valence-corrected chi connectivity index (χ2v) is 8.27. The van der Waals surface area contributed by atoms with Gasteiger partial charge in [0, 0.05) is 44.0 Å². The van der Waals surface area contributed by atoms with Crippen LogP contribution < -0.4 is 5.56 Å². The van der Waals surface area contributed by atoms with Crippen molar-refractivity contribution in [3.8, 4) is 11.1 Å². The lowest BCUT2D eigenvalue weighted by Gasteiger charge is -2.27. The monoisotopic (exact) mass is 430 g/mol. The maximum Gasteiger partial charge on any atom is 0.256 e. The number of imidazole rings is 1. The van der Waals surface area contributed by atoms with Crippen molar-refractivity contribution in [3.05, 3.63) is 70.4 Å². The summed E-state index contributed by atoms with van der Waals surface area (Å²) in [5.41, 5.74) is 5.82. The third kappa shape index (κ3) is 3.39. The molecule has 0 unspecified atom stereocenters. The second kappa shape index (κ2) is 8.24. The smallest absolute Gasteiger partial charge is 0.256 e. The van der Waals surface area contributed by atoms with E-state index in [1.807, 2.05) is 47.0 Å². The van der Waals surface area contributed by atoms with Crippen molar-refractivity contribution in [2.45, 2.75) is 19.4 Å². The van der Waals surface area contributed by atoms with Crippen molar-refractivity contribution in [3.63, 3.8) is 0 Å². The fourth-order valence-corrected chi connectivity index (χ4v) is 4.53. The highest BCUT2D eigenvalue weighted by Gasteiger charge is 2.24. The Bertz CT molecular complexity index is 1310. The number of carbonyl (C=O) groups excluding carboxylic acids is 1. The first-order chi connectivity index (χ1) is 15.6. The number of amides is 1. The van der Waals surface area contributed by atoms with Crippen LogP contribution in [-0.4, -0.2) is 51.2 Å². The van der Waals surface area contributed by atoms with Crippen LogP contribution in [0.3, 0.4) is 0 Å². The number of aryl methyl sites for hydroxylation is 2. The van der Waals surface area contributed by atoms with Gasteiger partial charge in [0.1, 0.15) is 5.52 Å². The van der Waals surface area contributed by atoms with Crippen molar-refractivity contribution in [1.29, 1.82) is 0 Å². The fourth-order valence-electron chi connectivity index (χ4n) is 4.53. The summed E-state index contributed by atoms with van der Waals surface area (Å²) in [5, 5.41) is 0. The topological polar surface area (TPSA) is 69.4 Å². The van der Waals surface area contributed by atoms with E-state index in [9.17, 15) is 9.59 Å². The molecule has 2 aliphatic rings. The third-order valence-electron chi connectivity index (χ3n) is 6.27. The largest absolute Gasteiger partial charge is 0.378 e. The van der Waals surface area contributed by atoms with E-state index in [2.05, 4.69) is 17.6 Å². The van der Waals surface area contributed by atoms with Crippen LogP contribution in [0, 0.1) is 0 Å². The minimum absolute atomic E-state index is 0.0361. The summed E-state index contributed by atoms with van der Waals surface area (Å²) in [6, 6.07) is 3.99. The number of rotatable bonds is 5. The Morgan fingerprint density at radius 3 is 2.88 bits per heavy atom. The quantitative estimate of drug-likeness (QED) is 0.584. The average Bonchev–Trinajstić information content (AvgIpc) is 3.46. The molecule has 1 aliphatic carbocycles. The molecule has 5 rings (SSSR count). The number of aromatic nitrogens is 3. The van der Waals surface area contributed by atoms with Gasteiger partial charge in [-0.3, -0.25) is 9.59 Å². The Labute approximate surface area is 186 Å². The Balaban J connectivity index is 1.70. The normalized spacial score (nSPS) is 15.3. The zero-order chi connectivity index (χ0) is 22.2. The first-order valence-electron chi connectivity index (χ1n) is 10.9. The molecular formula is C25H26N4O3. The lowest BCUT2D eigenvalue weighted by Crippen LogP contribution is -2.40. The Morgan fingerprint density at radius 1 is 1.28 bits per heavy atom. The van der Waals surface area contributed by atoms with Gasteiger partial charge in [-0.2, -0.15) is 0 Å². The number of pyridine rings is 1. The molecule has 1 saturated heterocycles. The number of carbonyl (C=O) groups is 1. The van der Waals surface area contributed by atoms with Crippen molar-refractivity contribution in [1.82, 2.24) is 19.0 Å². The lowest BCUT2D eigenvalue weighted by molar-refractivity contribution is 0.0304. The molecule has 3 heterocycles. The van der Waals surface area contributed by atoms with E-state index in [-0.39, 0.29) is 11.5 Å². The maximum atomic E-state index is 13.4. The van der Waals surface area contributed by atoms with Crippen molar-refractivity contribution < 1.29 is 9.53 Å². The molecule has 0 radical (unpaired) electrons. The van der Waals surface area contributed by atoms with Gasteiger partial charge in [0.05, 0.1) is 30.6 Å². The van der Waals surface area contributed by atoms with E-state index in [1.165, 1.54) is 0 Å². The third-order valence-corrected chi connectivity index (χ3v) is 6.27. The molecule has 0 saturated carbocycles. The van der Waals surface area contributed by atoms with Gasteiger partial charge in [-0.15, -0.1) is 6.58 Å². The van der Waals surface area contributed by atoms with Crippen LogP contribution in [0.2, 0.25) is 0 Å². The molecule has 7 nitrogen and oxygen atoms in total. The highest BCUT2D eigenvalue weighted by atomic mass is 16.5. The van der Waals surface area contributed by atoms with E-state index in [4.69, 9.17) is 4.74 Å². The molecular weight excluding hydrogens is 404 g/mol. The number of hydrogen-bond donors (Lipinski definition) is 0. The predicted octanol–water partition coefficient (Wildman–Crippen LogP) is 3.02. The number of fused-ring (bicyclic) bond motifs is 2. The molecule has 32 heavy (non-hydrogen) atoms. The van der Waals surface area contributed by atoms with E-state index < -0.39 is 0 Å². The van der Waals surface area contributed by atoms with Gasteiger partial charge in [0.2, 0.25) is 0 Å². The van der Waals surface area contributed by atoms with Gasteiger partial charge >= 0.3 is 0 Å². The van der Waals surface area contributed by atoms with E-state index in [0.717, 1.165) is 27.8 Å². The predicted molar refractivity (Wildman–Crippen MR) is 125 cm³/mol. The van der Waals surface area contributed by atoms with E-state index >= 15 is 0 Å². The number of ether oxygens (including phenoxy) is 1. The summed E-state index contributed by atoms with van der Waals surface area (Å²) in [6.45, 7) is 6.60. The summed E-state index contributed by atoms with van der Waals surface area (Å²) < 4.78 is 9.11. The van der Waals surface area contributed by atoms with Crippen LogP contribution in [0.25, 0.3) is 28.2 Å². The Morgan fingerprint density at radius 2 is 2.09 bits per heavy atom. The Kier molecular flexibility index (Phi) is 5.27. The molecule has 0 spiro atoms. The number of nitrogens with zero attached hydrogens (tertiary/aromatic N) is 4. The number of hydrogen-bond acceptors (Lipinski definition) is 4. The Hall–Kier alpha value is -3.45. The number of morpholine rings is 1. The molecule has 0 atom stereocenters.